The lowest BCUT2D eigenvalue weighted by atomic mass is 10.2. The molecule has 112 valence electrons. The van der Waals surface area contributed by atoms with Gasteiger partial charge >= 0.3 is 6.18 Å². The van der Waals surface area contributed by atoms with Crippen molar-refractivity contribution in [1.29, 1.82) is 0 Å². The highest BCUT2D eigenvalue weighted by molar-refractivity contribution is 7.11. The molecule has 3 nitrogen and oxygen atoms in total. The number of hydrogen-bond donors (Lipinski definition) is 1. The maximum atomic E-state index is 13.0. The third kappa shape index (κ3) is 3.51. The van der Waals surface area contributed by atoms with Crippen LogP contribution < -0.4 is 5.32 Å². The van der Waals surface area contributed by atoms with Crippen molar-refractivity contribution < 1.29 is 17.9 Å². The summed E-state index contributed by atoms with van der Waals surface area (Å²) in [6, 6.07) is 0.389. The van der Waals surface area contributed by atoms with Crippen molar-refractivity contribution in [3.05, 3.63) is 15.6 Å². The molecule has 1 atom stereocenters. The number of hydrogen-bond acceptors (Lipinski definition) is 4. The van der Waals surface area contributed by atoms with Gasteiger partial charge in [-0.05, 0) is 25.7 Å². The molecule has 1 unspecified atom stereocenters. The molecule has 1 aromatic rings. The van der Waals surface area contributed by atoms with Gasteiger partial charge < -0.3 is 10.1 Å². The summed E-state index contributed by atoms with van der Waals surface area (Å²) in [7, 11) is 0. The summed E-state index contributed by atoms with van der Waals surface area (Å²) >= 11 is 1.17. The van der Waals surface area contributed by atoms with E-state index in [0.717, 1.165) is 25.7 Å². The van der Waals surface area contributed by atoms with Crippen LogP contribution in [-0.2, 0) is 23.9 Å². The Bertz CT molecular complexity index is 465. The number of thiazole rings is 1. The Kier molecular flexibility index (Phi) is 4.01. The van der Waals surface area contributed by atoms with Gasteiger partial charge in [-0.3, -0.25) is 0 Å². The highest BCUT2D eigenvalue weighted by Crippen LogP contribution is 2.35. The molecule has 1 N–H and O–H groups in total. The van der Waals surface area contributed by atoms with Crippen molar-refractivity contribution in [2.45, 2.75) is 57.0 Å². The molecule has 1 aromatic heterocycles. The Morgan fingerprint density at radius 3 is 2.70 bits per heavy atom. The van der Waals surface area contributed by atoms with Crippen LogP contribution >= 0.6 is 11.3 Å². The zero-order valence-corrected chi connectivity index (χ0v) is 11.8. The Balaban J connectivity index is 1.72. The minimum atomic E-state index is -4.37. The first-order chi connectivity index (χ1) is 9.52. The summed E-state index contributed by atoms with van der Waals surface area (Å²) in [5.41, 5.74) is -0.719. The molecule has 2 aliphatic rings. The number of nitrogens with zero attached hydrogens (tertiary/aromatic N) is 1. The Labute approximate surface area is 119 Å². The molecule has 0 spiro atoms. The molecule has 1 aliphatic carbocycles. The maximum Gasteiger partial charge on any atom is 0.434 e. The van der Waals surface area contributed by atoms with Gasteiger partial charge in [-0.25, -0.2) is 4.98 Å². The van der Waals surface area contributed by atoms with E-state index in [-0.39, 0.29) is 12.6 Å². The van der Waals surface area contributed by atoms with Gasteiger partial charge in [0.1, 0.15) is 0 Å². The quantitative estimate of drug-likeness (QED) is 0.907. The van der Waals surface area contributed by atoms with Crippen LogP contribution in [-0.4, -0.2) is 23.7 Å². The van der Waals surface area contributed by atoms with Crippen LogP contribution in [0.15, 0.2) is 0 Å². The number of rotatable bonds is 5. The predicted molar refractivity (Wildman–Crippen MR) is 69.7 cm³/mol. The third-order valence-corrected chi connectivity index (χ3v) is 4.64. The predicted octanol–water partition coefficient (Wildman–Crippen LogP) is 3.14. The van der Waals surface area contributed by atoms with Gasteiger partial charge in [0.2, 0.25) is 0 Å². The number of halogens is 3. The molecule has 1 aliphatic heterocycles. The first-order valence-corrected chi connectivity index (χ1v) is 7.75. The van der Waals surface area contributed by atoms with Crippen molar-refractivity contribution in [3.8, 4) is 0 Å². The van der Waals surface area contributed by atoms with Gasteiger partial charge in [0.05, 0.1) is 16.0 Å². The normalized spacial score (nSPS) is 23.4. The van der Waals surface area contributed by atoms with Gasteiger partial charge in [-0.2, -0.15) is 13.2 Å². The summed E-state index contributed by atoms with van der Waals surface area (Å²) < 4.78 is 44.5. The lowest BCUT2D eigenvalue weighted by Gasteiger charge is -2.06. The molecule has 1 saturated carbocycles. The summed E-state index contributed by atoms with van der Waals surface area (Å²) in [4.78, 5) is 4.12. The SMILES string of the molecule is FC(F)(F)c1nc(CC2CCCO2)sc1CNC1CC1. The standard InChI is InChI=1S/C13H17F3N2OS/c14-13(15,16)12-10(7-17-8-3-4-8)20-11(18-12)6-9-2-1-5-19-9/h8-9,17H,1-7H2. The van der Waals surface area contributed by atoms with Crippen molar-refractivity contribution in [1.82, 2.24) is 10.3 Å². The van der Waals surface area contributed by atoms with E-state index in [2.05, 4.69) is 10.3 Å². The summed E-state index contributed by atoms with van der Waals surface area (Å²) in [6.45, 7) is 0.973. The molecule has 0 bridgehead atoms. The average molecular weight is 306 g/mol. The van der Waals surface area contributed by atoms with Crippen molar-refractivity contribution in [2.75, 3.05) is 6.61 Å². The molecule has 2 fully saturated rings. The largest absolute Gasteiger partial charge is 0.434 e. The molecular formula is C13H17F3N2OS. The average Bonchev–Trinajstić information content (AvgIpc) is 2.88. The fourth-order valence-corrected chi connectivity index (χ4v) is 3.46. The molecule has 0 radical (unpaired) electrons. The molecule has 20 heavy (non-hydrogen) atoms. The lowest BCUT2D eigenvalue weighted by Crippen LogP contribution is -2.18. The molecule has 0 aromatic carbocycles. The van der Waals surface area contributed by atoms with Crippen LogP contribution in [0.4, 0.5) is 13.2 Å². The van der Waals surface area contributed by atoms with E-state index in [1.807, 2.05) is 0 Å². The first-order valence-electron chi connectivity index (χ1n) is 6.93. The van der Waals surface area contributed by atoms with Crippen LogP contribution in [0.2, 0.25) is 0 Å². The first kappa shape index (κ1) is 14.3. The van der Waals surface area contributed by atoms with E-state index in [1.54, 1.807) is 0 Å². The topological polar surface area (TPSA) is 34.1 Å². The number of alkyl halides is 3. The fourth-order valence-electron chi connectivity index (χ4n) is 2.35. The van der Waals surface area contributed by atoms with E-state index in [4.69, 9.17) is 4.74 Å². The van der Waals surface area contributed by atoms with Crippen LogP contribution in [0, 0.1) is 0 Å². The van der Waals surface area contributed by atoms with Crippen molar-refractivity contribution >= 4 is 11.3 Å². The summed E-state index contributed by atoms with van der Waals surface area (Å²) in [5.74, 6) is 0. The van der Waals surface area contributed by atoms with Gasteiger partial charge in [0.15, 0.2) is 5.69 Å². The van der Waals surface area contributed by atoms with Gasteiger partial charge in [-0.1, -0.05) is 0 Å². The third-order valence-electron chi connectivity index (χ3n) is 3.57. The van der Waals surface area contributed by atoms with Crippen molar-refractivity contribution in [2.24, 2.45) is 0 Å². The zero-order valence-electron chi connectivity index (χ0n) is 11.0. The highest BCUT2D eigenvalue weighted by atomic mass is 32.1. The number of ether oxygens (including phenoxy) is 1. The molecule has 1 saturated heterocycles. The monoisotopic (exact) mass is 306 g/mol. The van der Waals surface area contributed by atoms with Crippen molar-refractivity contribution in [3.63, 3.8) is 0 Å². The number of aromatic nitrogens is 1. The second-order valence-corrected chi connectivity index (χ2v) is 6.54. The van der Waals surface area contributed by atoms with Crippen LogP contribution in [0.5, 0.6) is 0 Å². The summed E-state index contributed by atoms with van der Waals surface area (Å²) in [5, 5.41) is 3.67. The van der Waals surface area contributed by atoms with E-state index in [1.165, 1.54) is 11.3 Å². The maximum absolute atomic E-state index is 13.0. The van der Waals surface area contributed by atoms with E-state index >= 15 is 0 Å². The lowest BCUT2D eigenvalue weighted by molar-refractivity contribution is -0.141. The fraction of sp³-hybridized carbons (Fsp3) is 0.769. The van der Waals surface area contributed by atoms with Gasteiger partial charge in [-0.15, -0.1) is 11.3 Å². The van der Waals surface area contributed by atoms with E-state index in [9.17, 15) is 13.2 Å². The Morgan fingerprint density at radius 2 is 2.10 bits per heavy atom. The smallest absolute Gasteiger partial charge is 0.378 e. The zero-order chi connectivity index (χ0) is 14.2. The second kappa shape index (κ2) is 5.61. The van der Waals surface area contributed by atoms with Crippen LogP contribution in [0.25, 0.3) is 0 Å². The number of nitrogens with one attached hydrogen (secondary N) is 1. The van der Waals surface area contributed by atoms with E-state index in [0.29, 0.717) is 29.0 Å². The highest BCUT2D eigenvalue weighted by Gasteiger charge is 2.38. The minimum absolute atomic E-state index is 0.0338. The van der Waals surface area contributed by atoms with Crippen LogP contribution in [0.1, 0.15) is 41.3 Å². The van der Waals surface area contributed by atoms with Gasteiger partial charge in [0.25, 0.3) is 0 Å². The van der Waals surface area contributed by atoms with Gasteiger partial charge in [0, 0.05) is 25.6 Å². The van der Waals surface area contributed by atoms with E-state index < -0.39 is 11.9 Å². The molecule has 2 heterocycles. The molecular weight excluding hydrogens is 289 g/mol. The minimum Gasteiger partial charge on any atom is -0.378 e. The van der Waals surface area contributed by atoms with Crippen LogP contribution in [0.3, 0.4) is 0 Å². The molecule has 7 heteroatoms. The molecule has 3 rings (SSSR count). The Morgan fingerprint density at radius 1 is 1.30 bits per heavy atom. The second-order valence-electron chi connectivity index (χ2n) is 5.37. The Hall–Kier alpha value is -0.660. The molecule has 0 amide bonds. The summed E-state index contributed by atoms with van der Waals surface area (Å²) in [6.07, 6.45) is 0.176.